The highest BCUT2D eigenvalue weighted by atomic mass is 32.1. The van der Waals surface area contributed by atoms with Crippen LogP contribution in [0.2, 0.25) is 0 Å². The predicted octanol–water partition coefficient (Wildman–Crippen LogP) is 2.32. The molecule has 6 heteroatoms. The fourth-order valence-electron chi connectivity index (χ4n) is 2.62. The van der Waals surface area contributed by atoms with Crippen molar-refractivity contribution < 1.29 is 4.74 Å². The van der Waals surface area contributed by atoms with Crippen LogP contribution in [-0.2, 0) is 11.8 Å². The van der Waals surface area contributed by atoms with Gasteiger partial charge in [0.1, 0.15) is 5.75 Å². The highest BCUT2D eigenvalue weighted by molar-refractivity contribution is 7.05. The van der Waals surface area contributed by atoms with Crippen molar-refractivity contribution >= 4 is 11.5 Å². The molecule has 1 aromatic carbocycles. The second-order valence-corrected chi connectivity index (χ2v) is 7.09. The third-order valence-electron chi connectivity index (χ3n) is 3.70. The van der Waals surface area contributed by atoms with Crippen LogP contribution in [0.3, 0.4) is 0 Å². The van der Waals surface area contributed by atoms with E-state index < -0.39 is 0 Å². The molecule has 112 valence electrons. The van der Waals surface area contributed by atoms with E-state index in [1.165, 1.54) is 17.1 Å². The van der Waals surface area contributed by atoms with Gasteiger partial charge >= 0.3 is 0 Å². The highest BCUT2D eigenvalue weighted by Crippen LogP contribution is 2.35. The van der Waals surface area contributed by atoms with Crippen LogP contribution < -0.4 is 16.0 Å². The standard InChI is InChI=1S/C15H20N4OS/c1-15(2,3)14-13(21-19-18-14)12(17-16)10-4-5-11-9(8-10)6-7-20-11/h4-5,8,12,17H,6-7,16H2,1-3H3. The molecule has 0 saturated heterocycles. The van der Waals surface area contributed by atoms with Crippen molar-refractivity contribution in [3.63, 3.8) is 0 Å². The number of hydrogen-bond acceptors (Lipinski definition) is 6. The number of nitrogens with two attached hydrogens (primary N) is 1. The molecule has 1 aliphatic heterocycles. The lowest BCUT2D eigenvalue weighted by Crippen LogP contribution is -2.30. The SMILES string of the molecule is CC(C)(C)c1nnsc1C(NN)c1ccc2c(c1)CCO2. The van der Waals surface area contributed by atoms with Crippen molar-refractivity contribution in [3.05, 3.63) is 39.9 Å². The number of hydrogen-bond donors (Lipinski definition) is 2. The first-order valence-electron chi connectivity index (χ1n) is 7.05. The Balaban J connectivity index is 2.01. The normalized spacial score (nSPS) is 15.6. The third-order valence-corrected chi connectivity index (χ3v) is 4.49. The van der Waals surface area contributed by atoms with E-state index in [9.17, 15) is 0 Å². The fraction of sp³-hybridized carbons (Fsp3) is 0.467. The van der Waals surface area contributed by atoms with E-state index in [0.29, 0.717) is 0 Å². The van der Waals surface area contributed by atoms with Crippen molar-refractivity contribution in [1.82, 2.24) is 15.0 Å². The van der Waals surface area contributed by atoms with Crippen LogP contribution in [0, 0.1) is 0 Å². The molecule has 0 radical (unpaired) electrons. The Bertz CT molecular complexity index is 647. The maximum Gasteiger partial charge on any atom is 0.122 e. The monoisotopic (exact) mass is 304 g/mol. The summed E-state index contributed by atoms with van der Waals surface area (Å²) in [7, 11) is 0. The number of aromatic nitrogens is 2. The van der Waals surface area contributed by atoms with Gasteiger partial charge in [-0.05, 0) is 34.8 Å². The van der Waals surface area contributed by atoms with Gasteiger partial charge in [-0.3, -0.25) is 5.84 Å². The molecular weight excluding hydrogens is 284 g/mol. The van der Waals surface area contributed by atoms with Crippen LogP contribution in [0.15, 0.2) is 18.2 Å². The van der Waals surface area contributed by atoms with E-state index in [-0.39, 0.29) is 11.5 Å². The molecule has 1 aliphatic rings. The van der Waals surface area contributed by atoms with Crippen molar-refractivity contribution in [2.24, 2.45) is 5.84 Å². The fourth-order valence-corrected chi connectivity index (χ4v) is 3.57. The molecule has 0 bridgehead atoms. The minimum Gasteiger partial charge on any atom is -0.493 e. The summed E-state index contributed by atoms with van der Waals surface area (Å²) in [6.45, 7) is 7.17. The average molecular weight is 304 g/mol. The molecule has 0 fully saturated rings. The van der Waals surface area contributed by atoms with Crippen LogP contribution in [0.4, 0.5) is 0 Å². The van der Waals surface area contributed by atoms with Gasteiger partial charge in [-0.25, -0.2) is 5.43 Å². The summed E-state index contributed by atoms with van der Waals surface area (Å²) >= 11 is 1.40. The number of rotatable bonds is 3. The molecule has 3 N–H and O–H groups in total. The summed E-state index contributed by atoms with van der Waals surface area (Å²) < 4.78 is 9.69. The highest BCUT2D eigenvalue weighted by Gasteiger charge is 2.28. The van der Waals surface area contributed by atoms with Gasteiger partial charge in [-0.1, -0.05) is 31.3 Å². The zero-order valence-corrected chi connectivity index (χ0v) is 13.3. The van der Waals surface area contributed by atoms with Crippen LogP contribution in [0.25, 0.3) is 0 Å². The molecule has 1 unspecified atom stereocenters. The Kier molecular flexibility index (Phi) is 3.69. The minimum atomic E-state index is -0.0925. The van der Waals surface area contributed by atoms with E-state index in [0.717, 1.165) is 34.9 Å². The summed E-state index contributed by atoms with van der Waals surface area (Å²) in [5.41, 5.74) is 6.21. The molecule has 1 atom stereocenters. The van der Waals surface area contributed by atoms with E-state index in [1.54, 1.807) is 0 Å². The van der Waals surface area contributed by atoms with Crippen molar-refractivity contribution in [1.29, 1.82) is 0 Å². The zero-order valence-electron chi connectivity index (χ0n) is 12.5. The Morgan fingerprint density at radius 1 is 1.38 bits per heavy atom. The Labute approximate surface area is 128 Å². The number of fused-ring (bicyclic) bond motifs is 1. The molecule has 0 saturated carbocycles. The summed E-state index contributed by atoms with van der Waals surface area (Å²) in [6.07, 6.45) is 0.952. The molecule has 2 aromatic rings. The molecular formula is C15H20N4OS. The van der Waals surface area contributed by atoms with Gasteiger partial charge in [-0.2, -0.15) is 0 Å². The van der Waals surface area contributed by atoms with Gasteiger partial charge < -0.3 is 4.74 Å². The molecule has 21 heavy (non-hydrogen) atoms. The summed E-state index contributed by atoms with van der Waals surface area (Å²) in [5, 5.41) is 4.30. The van der Waals surface area contributed by atoms with Crippen molar-refractivity contribution in [2.45, 2.75) is 38.6 Å². The second kappa shape index (κ2) is 5.36. The second-order valence-electron chi connectivity index (χ2n) is 6.30. The smallest absolute Gasteiger partial charge is 0.122 e. The first kappa shape index (κ1) is 14.4. The van der Waals surface area contributed by atoms with Gasteiger partial charge in [0.05, 0.1) is 23.2 Å². The molecule has 5 nitrogen and oxygen atoms in total. The number of benzene rings is 1. The Morgan fingerprint density at radius 2 is 2.19 bits per heavy atom. The van der Waals surface area contributed by atoms with E-state index in [4.69, 9.17) is 10.6 Å². The first-order chi connectivity index (χ1) is 10.0. The van der Waals surface area contributed by atoms with Gasteiger partial charge in [0.15, 0.2) is 0 Å². The van der Waals surface area contributed by atoms with Crippen LogP contribution >= 0.6 is 11.5 Å². The quantitative estimate of drug-likeness (QED) is 0.672. The molecule has 1 aromatic heterocycles. The largest absolute Gasteiger partial charge is 0.493 e. The average Bonchev–Trinajstić information content (AvgIpc) is 3.06. The zero-order chi connectivity index (χ0) is 15.0. The van der Waals surface area contributed by atoms with Crippen molar-refractivity contribution in [2.75, 3.05) is 6.61 Å². The molecule has 2 heterocycles. The predicted molar refractivity (Wildman–Crippen MR) is 83.4 cm³/mol. The van der Waals surface area contributed by atoms with Gasteiger partial charge in [-0.15, -0.1) is 5.10 Å². The molecule has 0 amide bonds. The summed E-state index contributed by atoms with van der Waals surface area (Å²) in [4.78, 5) is 1.07. The molecule has 0 spiro atoms. The van der Waals surface area contributed by atoms with Gasteiger partial charge in [0, 0.05) is 11.8 Å². The lowest BCUT2D eigenvalue weighted by Gasteiger charge is -2.22. The van der Waals surface area contributed by atoms with Crippen LogP contribution in [0.5, 0.6) is 5.75 Å². The van der Waals surface area contributed by atoms with E-state index >= 15 is 0 Å². The lowest BCUT2D eigenvalue weighted by atomic mass is 9.88. The first-order valence-corrected chi connectivity index (χ1v) is 7.82. The number of ether oxygens (including phenoxy) is 1. The minimum absolute atomic E-state index is 0.0583. The van der Waals surface area contributed by atoms with Crippen LogP contribution in [-0.4, -0.2) is 16.2 Å². The summed E-state index contributed by atoms with van der Waals surface area (Å²) in [6, 6.07) is 6.15. The molecule has 0 aliphatic carbocycles. The number of nitrogens with zero attached hydrogens (tertiary/aromatic N) is 2. The van der Waals surface area contributed by atoms with E-state index in [2.05, 4.69) is 47.9 Å². The van der Waals surface area contributed by atoms with Gasteiger partial charge in [0.25, 0.3) is 0 Å². The lowest BCUT2D eigenvalue weighted by molar-refractivity contribution is 0.357. The van der Waals surface area contributed by atoms with Crippen molar-refractivity contribution in [3.8, 4) is 5.75 Å². The Hall–Kier alpha value is -1.50. The van der Waals surface area contributed by atoms with Crippen LogP contribution in [0.1, 0.15) is 48.5 Å². The third kappa shape index (κ3) is 2.66. The van der Waals surface area contributed by atoms with Gasteiger partial charge in [0.2, 0.25) is 0 Å². The summed E-state index contributed by atoms with van der Waals surface area (Å²) in [5.74, 6) is 6.80. The number of hydrazine groups is 1. The maximum absolute atomic E-state index is 5.82. The number of nitrogens with one attached hydrogen (secondary N) is 1. The topological polar surface area (TPSA) is 73.1 Å². The molecule has 3 rings (SSSR count). The van der Waals surface area contributed by atoms with E-state index in [1.807, 2.05) is 6.07 Å². The Morgan fingerprint density at radius 3 is 2.90 bits per heavy atom. The maximum atomic E-state index is 5.82.